The van der Waals surface area contributed by atoms with Gasteiger partial charge in [0.1, 0.15) is 0 Å². The molecule has 2 nitrogen and oxygen atoms in total. The maximum atomic E-state index is 9.29. The average molecular weight is 159 g/mol. The van der Waals surface area contributed by atoms with Crippen LogP contribution in [0.4, 0.5) is 0 Å². The highest BCUT2D eigenvalue weighted by atomic mass is 16.3. The predicted octanol–water partition coefficient (Wildman–Crippen LogP) is 1.13. The van der Waals surface area contributed by atoms with Gasteiger partial charge in [-0.2, -0.15) is 0 Å². The molecule has 0 bridgehead atoms. The third-order valence-electron chi connectivity index (χ3n) is 2.86. The van der Waals surface area contributed by atoms with Crippen molar-refractivity contribution in [1.29, 1.82) is 0 Å². The Bertz CT molecular complexity index is 204. The van der Waals surface area contributed by atoms with Crippen LogP contribution in [0.25, 0.3) is 0 Å². The van der Waals surface area contributed by atoms with Crippen LogP contribution in [0.5, 0.6) is 0 Å². The molecule has 0 aliphatic heterocycles. The highest BCUT2D eigenvalue weighted by Crippen LogP contribution is 2.49. The van der Waals surface area contributed by atoms with Gasteiger partial charge in [-0.15, -0.1) is 0 Å². The van der Waals surface area contributed by atoms with Crippen molar-refractivity contribution < 1.29 is 7.85 Å². The first-order valence-electron chi connectivity index (χ1n) is 5.12. The second-order valence-electron chi connectivity index (χ2n) is 4.41. The molecule has 0 radical (unpaired) electrons. The molecule has 66 valence electrons. The molecule has 0 heterocycles. The van der Waals surface area contributed by atoms with E-state index in [9.17, 15) is 5.11 Å². The Balaban J connectivity index is 2.67. The van der Waals surface area contributed by atoms with Crippen molar-refractivity contribution in [3.8, 4) is 0 Å². The normalized spacial score (nSPS) is 48.2. The van der Waals surface area contributed by atoms with Crippen LogP contribution in [0.1, 0.15) is 36.4 Å². The molecule has 0 unspecified atom stereocenters. The van der Waals surface area contributed by atoms with E-state index >= 15 is 0 Å². The number of hydrogen-bond acceptors (Lipinski definition) is 2. The van der Waals surface area contributed by atoms with E-state index in [1.807, 2.05) is 13.8 Å². The van der Waals surface area contributed by atoms with Crippen LogP contribution in [-0.4, -0.2) is 17.2 Å². The van der Waals surface area contributed by atoms with E-state index in [1.165, 1.54) is 0 Å². The van der Waals surface area contributed by atoms with E-state index in [4.69, 9.17) is 8.48 Å². The minimum atomic E-state index is -2.11. The lowest BCUT2D eigenvalue weighted by Crippen LogP contribution is -2.61. The summed E-state index contributed by atoms with van der Waals surface area (Å²) in [6.07, 6.45) is 1.11. The largest absolute Gasteiger partial charge is 0.396 e. The Morgan fingerprint density at radius 3 is 2.36 bits per heavy atom. The van der Waals surface area contributed by atoms with Gasteiger partial charge in [0.2, 0.25) is 0 Å². The summed E-state index contributed by atoms with van der Waals surface area (Å²) >= 11 is 0. The molecule has 1 aliphatic carbocycles. The van der Waals surface area contributed by atoms with Crippen LogP contribution in [-0.2, 0) is 0 Å². The van der Waals surface area contributed by atoms with Crippen molar-refractivity contribution in [2.45, 2.75) is 39.2 Å². The first kappa shape index (κ1) is 6.44. The van der Waals surface area contributed by atoms with E-state index < -0.39 is 12.0 Å². The van der Waals surface area contributed by atoms with Gasteiger partial charge in [-0.25, -0.2) is 0 Å². The van der Waals surface area contributed by atoms with Crippen LogP contribution in [0, 0.1) is 11.3 Å². The Labute approximate surface area is 71.6 Å². The molecule has 11 heavy (non-hydrogen) atoms. The van der Waals surface area contributed by atoms with Crippen LogP contribution in [0.15, 0.2) is 0 Å². The fourth-order valence-electron chi connectivity index (χ4n) is 1.89. The van der Waals surface area contributed by atoms with E-state index in [2.05, 4.69) is 0 Å². The molecule has 0 amide bonds. The summed E-state index contributed by atoms with van der Waals surface area (Å²) < 4.78 is 14.5. The van der Waals surface area contributed by atoms with Crippen molar-refractivity contribution in [2.24, 2.45) is 17.1 Å². The third kappa shape index (κ3) is 1.42. The molecular weight excluding hydrogens is 138 g/mol. The highest BCUT2D eigenvalue weighted by Gasteiger charge is 2.50. The van der Waals surface area contributed by atoms with Gasteiger partial charge in [-0.05, 0) is 24.2 Å². The minimum Gasteiger partial charge on any atom is -0.396 e. The monoisotopic (exact) mass is 159 g/mol. The smallest absolute Gasteiger partial charge is 0.0569 e. The number of aliphatic hydroxyl groups is 1. The molecule has 1 saturated carbocycles. The first-order valence-corrected chi connectivity index (χ1v) is 4.12. The summed E-state index contributed by atoms with van der Waals surface area (Å²) in [5.74, 6) is 0.336. The quantitative estimate of drug-likeness (QED) is 0.634. The lowest BCUT2D eigenvalue weighted by atomic mass is 9.55. The molecule has 1 aliphatic rings. The Kier molecular flexibility index (Phi) is 1.44. The van der Waals surface area contributed by atoms with Gasteiger partial charge in [-0.1, -0.05) is 20.8 Å². The summed E-state index contributed by atoms with van der Waals surface area (Å²) in [5, 5.41) is 9.29. The van der Waals surface area contributed by atoms with Crippen molar-refractivity contribution in [3.05, 3.63) is 0 Å². The van der Waals surface area contributed by atoms with Crippen LogP contribution in [0.3, 0.4) is 0 Å². The zero-order valence-corrected chi connectivity index (χ0v) is 7.52. The van der Waals surface area contributed by atoms with Gasteiger partial charge >= 0.3 is 0 Å². The molecule has 0 atom stereocenters. The highest BCUT2D eigenvalue weighted by molar-refractivity contribution is 5.06. The average Bonchev–Trinajstić information content (AvgIpc) is 1.81. The Morgan fingerprint density at radius 1 is 1.64 bits per heavy atom. The zero-order chi connectivity index (χ0) is 10.5. The van der Waals surface area contributed by atoms with Gasteiger partial charge < -0.3 is 10.8 Å². The number of rotatable bonds is 2. The van der Waals surface area contributed by atoms with Crippen molar-refractivity contribution in [3.63, 3.8) is 0 Å². The van der Waals surface area contributed by atoms with Gasteiger partial charge in [0, 0.05) is 12.1 Å². The molecule has 0 spiro atoms. The molecule has 1 rings (SSSR count). The van der Waals surface area contributed by atoms with E-state index in [1.54, 1.807) is 6.92 Å². The third-order valence-corrected chi connectivity index (χ3v) is 2.86. The fourth-order valence-corrected chi connectivity index (χ4v) is 1.89. The van der Waals surface area contributed by atoms with Crippen LogP contribution in [0.2, 0.25) is 0 Å². The summed E-state index contributed by atoms with van der Waals surface area (Å²) in [5.41, 5.74) is 5.09. The second kappa shape index (κ2) is 2.46. The fraction of sp³-hybridized carbons (Fsp3) is 1.00. The van der Waals surface area contributed by atoms with E-state index in [0.29, 0.717) is 18.8 Å². The summed E-state index contributed by atoms with van der Waals surface area (Å²) in [6, 6.07) is 0. The molecule has 2 heteroatoms. The Hall–Kier alpha value is -0.0800. The SMILES string of the molecule is [2H]C([2H])(O)C1(C)CC(N)(C(C)C)C1. The number of nitrogens with two attached hydrogens (primary N) is 1. The first-order chi connectivity index (χ1) is 5.61. The van der Waals surface area contributed by atoms with Crippen molar-refractivity contribution >= 4 is 0 Å². The van der Waals surface area contributed by atoms with Crippen molar-refractivity contribution in [1.82, 2.24) is 0 Å². The van der Waals surface area contributed by atoms with Crippen molar-refractivity contribution in [2.75, 3.05) is 6.56 Å². The molecule has 1 fully saturated rings. The van der Waals surface area contributed by atoms with Crippen LogP contribution >= 0.6 is 0 Å². The summed E-state index contributed by atoms with van der Waals surface area (Å²) in [7, 11) is 0. The second-order valence-corrected chi connectivity index (χ2v) is 4.41. The standard InChI is InChI=1S/C9H19NO/c1-7(2)9(10)4-8(3,5-9)6-11/h7,11H,4-6,10H2,1-3H3/i6D2. The molecular formula is C9H19NO. The Morgan fingerprint density at radius 2 is 2.09 bits per heavy atom. The maximum Gasteiger partial charge on any atom is 0.0569 e. The lowest BCUT2D eigenvalue weighted by molar-refractivity contribution is -0.0302. The predicted molar refractivity (Wildman–Crippen MR) is 46.2 cm³/mol. The van der Waals surface area contributed by atoms with Crippen LogP contribution < -0.4 is 5.73 Å². The minimum absolute atomic E-state index is 0.287. The molecule has 0 aromatic rings. The summed E-state index contributed by atoms with van der Waals surface area (Å²) in [4.78, 5) is 0. The summed E-state index contributed by atoms with van der Waals surface area (Å²) in [6.45, 7) is 3.71. The maximum absolute atomic E-state index is 9.29. The lowest BCUT2D eigenvalue weighted by Gasteiger charge is -2.54. The number of hydrogen-bond donors (Lipinski definition) is 2. The van der Waals surface area contributed by atoms with Gasteiger partial charge in [0.25, 0.3) is 0 Å². The molecule has 0 aromatic heterocycles. The zero-order valence-electron chi connectivity index (χ0n) is 9.52. The van der Waals surface area contributed by atoms with E-state index in [-0.39, 0.29) is 5.54 Å². The van der Waals surface area contributed by atoms with Gasteiger partial charge in [-0.3, -0.25) is 0 Å². The molecule has 3 N–H and O–H groups in total. The van der Waals surface area contributed by atoms with Gasteiger partial charge in [0.05, 0.1) is 2.74 Å². The van der Waals surface area contributed by atoms with Gasteiger partial charge in [0.15, 0.2) is 0 Å². The molecule has 0 aromatic carbocycles. The topological polar surface area (TPSA) is 46.2 Å². The van der Waals surface area contributed by atoms with E-state index in [0.717, 1.165) is 0 Å². The molecule has 0 saturated heterocycles.